The summed E-state index contributed by atoms with van der Waals surface area (Å²) >= 11 is 0. The number of carbonyl (C=O) groups is 3. The van der Waals surface area contributed by atoms with Gasteiger partial charge in [0.05, 0.1) is 33.0 Å². The Morgan fingerprint density at radius 3 is 2.04 bits per heavy atom. The largest absolute Gasteiger partial charge is 0.549 e. The lowest BCUT2D eigenvalue weighted by molar-refractivity contribution is -0.203. The van der Waals surface area contributed by atoms with Crippen molar-refractivity contribution >= 4 is 18.1 Å². The average Bonchev–Trinajstić information content (AvgIpc) is 2.67. The fourth-order valence-corrected chi connectivity index (χ4v) is 1.66. The first-order valence-electron chi connectivity index (χ1n) is 7.58. The first-order valence-corrected chi connectivity index (χ1v) is 7.58. The van der Waals surface area contributed by atoms with E-state index in [2.05, 4.69) is 16.4 Å². The number of methoxy groups -OCH3 is 2. The van der Waals surface area contributed by atoms with Crippen LogP contribution < -0.4 is 9.47 Å². The van der Waals surface area contributed by atoms with Gasteiger partial charge in [0.15, 0.2) is 0 Å². The van der Waals surface area contributed by atoms with Crippen molar-refractivity contribution in [3.05, 3.63) is 36.4 Å². The molecule has 9 heteroatoms. The van der Waals surface area contributed by atoms with E-state index < -0.39 is 18.1 Å². The Hall–Kier alpha value is -3.23. The molecule has 0 saturated heterocycles. The summed E-state index contributed by atoms with van der Waals surface area (Å²) in [6.07, 6.45) is 0.799. The van der Waals surface area contributed by atoms with Gasteiger partial charge in [0.25, 0.3) is 0 Å². The molecule has 0 N–H and O–H groups in total. The quantitative estimate of drug-likeness (QED) is 0.213. The topological polar surface area (TPSA) is 107 Å². The van der Waals surface area contributed by atoms with Crippen LogP contribution in [0.4, 0.5) is 4.79 Å². The van der Waals surface area contributed by atoms with E-state index in [0.717, 1.165) is 6.08 Å². The molecular weight excluding hydrogens is 348 g/mol. The summed E-state index contributed by atoms with van der Waals surface area (Å²) in [5.41, 5.74) is 0.0676. The van der Waals surface area contributed by atoms with Gasteiger partial charge in [-0.2, -0.15) is 4.79 Å². The molecule has 0 aliphatic rings. The number of carbonyl (C=O) groups excluding carboxylic acids is 3. The van der Waals surface area contributed by atoms with Gasteiger partial charge < -0.3 is 18.9 Å². The van der Waals surface area contributed by atoms with Gasteiger partial charge in [0.1, 0.15) is 11.5 Å². The van der Waals surface area contributed by atoms with Crippen molar-refractivity contribution in [1.82, 2.24) is 0 Å². The van der Waals surface area contributed by atoms with Crippen molar-refractivity contribution in [1.29, 1.82) is 0 Å². The van der Waals surface area contributed by atoms with Gasteiger partial charge in [-0.05, 0) is 25.0 Å². The van der Waals surface area contributed by atoms with Crippen molar-refractivity contribution in [2.24, 2.45) is 0 Å². The van der Waals surface area contributed by atoms with Crippen LogP contribution in [-0.2, 0) is 24.0 Å². The summed E-state index contributed by atoms with van der Waals surface area (Å²) in [5.74, 6) is -0.700. The molecule has 0 aliphatic carbocycles. The summed E-state index contributed by atoms with van der Waals surface area (Å²) in [5, 5.41) is 0. The highest BCUT2D eigenvalue weighted by molar-refractivity contribution is 5.90. The Kier molecular flexibility index (Phi) is 9.08. The molecule has 0 amide bonds. The molecule has 1 aromatic rings. The van der Waals surface area contributed by atoms with E-state index in [4.69, 9.17) is 18.9 Å². The normalized spacial score (nSPS) is 9.62. The number of benzene rings is 1. The third kappa shape index (κ3) is 7.56. The zero-order chi connectivity index (χ0) is 19.4. The maximum atomic E-state index is 11.9. The third-order valence-electron chi connectivity index (χ3n) is 2.94. The summed E-state index contributed by atoms with van der Waals surface area (Å²) < 4.78 is 19.5. The fourth-order valence-electron chi connectivity index (χ4n) is 1.66. The predicted octanol–water partition coefficient (Wildman–Crippen LogP) is 2.44. The van der Waals surface area contributed by atoms with Gasteiger partial charge in [-0.1, -0.05) is 6.58 Å². The van der Waals surface area contributed by atoms with Crippen molar-refractivity contribution < 1.29 is 43.1 Å². The van der Waals surface area contributed by atoms with Crippen LogP contribution >= 0.6 is 0 Å². The SMILES string of the molecule is C=CC(=O)OCCCCOC(=O)OOC(=O)c1cc(OC)cc(OC)c1. The van der Waals surface area contributed by atoms with Crippen molar-refractivity contribution in [3.63, 3.8) is 0 Å². The van der Waals surface area contributed by atoms with Gasteiger partial charge in [0.2, 0.25) is 0 Å². The van der Waals surface area contributed by atoms with Gasteiger partial charge >= 0.3 is 18.1 Å². The smallest absolute Gasteiger partial charge is 0.497 e. The Labute approximate surface area is 150 Å². The molecule has 1 rings (SSSR count). The molecule has 142 valence electrons. The second-order valence-electron chi connectivity index (χ2n) is 4.73. The van der Waals surface area contributed by atoms with Crippen LogP contribution in [0.25, 0.3) is 0 Å². The number of hydrogen-bond donors (Lipinski definition) is 0. The molecule has 0 saturated carbocycles. The second-order valence-corrected chi connectivity index (χ2v) is 4.73. The Morgan fingerprint density at radius 2 is 1.50 bits per heavy atom. The highest BCUT2D eigenvalue weighted by atomic mass is 17.2. The van der Waals surface area contributed by atoms with E-state index in [1.54, 1.807) is 6.07 Å². The number of hydrogen-bond acceptors (Lipinski definition) is 9. The molecule has 0 fully saturated rings. The molecule has 26 heavy (non-hydrogen) atoms. The summed E-state index contributed by atoms with van der Waals surface area (Å²) in [6.45, 7) is 3.44. The van der Waals surface area contributed by atoms with Crippen LogP contribution in [0.15, 0.2) is 30.9 Å². The van der Waals surface area contributed by atoms with E-state index in [1.807, 2.05) is 0 Å². The first kappa shape index (κ1) is 20.8. The Balaban J connectivity index is 2.31. The van der Waals surface area contributed by atoms with Gasteiger partial charge in [-0.3, -0.25) is 0 Å². The minimum absolute atomic E-state index is 0.00893. The molecule has 0 aliphatic heterocycles. The van der Waals surface area contributed by atoms with Crippen molar-refractivity contribution in [3.8, 4) is 11.5 Å². The van der Waals surface area contributed by atoms with Crippen LogP contribution in [0.3, 0.4) is 0 Å². The van der Waals surface area contributed by atoms with E-state index in [-0.39, 0.29) is 18.8 Å². The molecule has 0 radical (unpaired) electrons. The Morgan fingerprint density at radius 1 is 0.923 bits per heavy atom. The van der Waals surface area contributed by atoms with Crippen LogP contribution in [0, 0.1) is 0 Å². The molecule has 0 aromatic heterocycles. The highest BCUT2D eigenvalue weighted by Gasteiger charge is 2.15. The molecular formula is C17H20O9. The van der Waals surface area contributed by atoms with Gasteiger partial charge in [-0.15, -0.1) is 0 Å². The number of unbranched alkanes of at least 4 members (excludes halogenated alkanes) is 1. The molecule has 0 bridgehead atoms. The lowest BCUT2D eigenvalue weighted by atomic mass is 10.2. The highest BCUT2D eigenvalue weighted by Crippen LogP contribution is 2.23. The lowest BCUT2D eigenvalue weighted by Crippen LogP contribution is -2.14. The summed E-state index contributed by atoms with van der Waals surface area (Å²) in [6, 6.07) is 4.35. The zero-order valence-corrected chi connectivity index (χ0v) is 14.5. The standard InChI is InChI=1S/C17H20O9/c1-4-15(18)23-7-5-6-8-24-17(20)26-25-16(19)12-9-13(21-2)11-14(10-12)22-3/h4,9-11H,1,5-8H2,2-3H3. The van der Waals surface area contributed by atoms with E-state index >= 15 is 0 Å². The van der Waals surface area contributed by atoms with Crippen LogP contribution in [-0.4, -0.2) is 45.5 Å². The zero-order valence-electron chi connectivity index (χ0n) is 14.5. The van der Waals surface area contributed by atoms with Crippen molar-refractivity contribution in [2.75, 3.05) is 27.4 Å². The molecule has 9 nitrogen and oxygen atoms in total. The average molecular weight is 368 g/mol. The summed E-state index contributed by atoms with van der Waals surface area (Å²) in [7, 11) is 2.85. The minimum Gasteiger partial charge on any atom is -0.497 e. The first-order chi connectivity index (χ1) is 12.5. The molecule has 0 atom stereocenters. The van der Waals surface area contributed by atoms with Crippen LogP contribution in [0.5, 0.6) is 11.5 Å². The maximum absolute atomic E-state index is 11.9. The number of rotatable bonds is 9. The van der Waals surface area contributed by atoms with E-state index in [1.165, 1.54) is 26.4 Å². The molecule has 0 heterocycles. The second kappa shape index (κ2) is 11.3. The maximum Gasteiger partial charge on any atom is 0.549 e. The molecule has 0 unspecified atom stereocenters. The summed E-state index contributed by atoms with van der Waals surface area (Å²) in [4.78, 5) is 42.7. The third-order valence-corrected chi connectivity index (χ3v) is 2.94. The Bertz CT molecular complexity index is 617. The fraction of sp³-hybridized carbons (Fsp3) is 0.353. The van der Waals surface area contributed by atoms with Crippen LogP contribution in [0.2, 0.25) is 0 Å². The molecule has 0 spiro atoms. The monoisotopic (exact) mass is 368 g/mol. The van der Waals surface area contributed by atoms with Gasteiger partial charge in [0, 0.05) is 12.1 Å². The number of esters is 1. The number of ether oxygens (including phenoxy) is 4. The van der Waals surface area contributed by atoms with Crippen LogP contribution in [0.1, 0.15) is 23.2 Å². The van der Waals surface area contributed by atoms with E-state index in [9.17, 15) is 14.4 Å². The lowest BCUT2D eigenvalue weighted by Gasteiger charge is -2.08. The van der Waals surface area contributed by atoms with E-state index in [0.29, 0.717) is 24.3 Å². The van der Waals surface area contributed by atoms with Crippen molar-refractivity contribution in [2.45, 2.75) is 12.8 Å². The molecule has 1 aromatic carbocycles. The van der Waals surface area contributed by atoms with Gasteiger partial charge in [-0.25, -0.2) is 19.4 Å². The minimum atomic E-state index is -1.17. The predicted molar refractivity (Wildman–Crippen MR) is 87.8 cm³/mol.